The van der Waals surface area contributed by atoms with Gasteiger partial charge in [-0.05, 0) is 12.1 Å². The molecule has 4 rings (SSSR count). The Labute approximate surface area is 129 Å². The van der Waals surface area contributed by atoms with Crippen LogP contribution >= 0.6 is 0 Å². The molecule has 0 spiro atoms. The minimum atomic E-state index is -2.75. The van der Waals surface area contributed by atoms with Crippen LogP contribution in [0.3, 0.4) is 0 Å². The predicted molar refractivity (Wildman–Crippen MR) is 79.6 cm³/mol. The number of hydrogen-bond acceptors (Lipinski definition) is 6. The van der Waals surface area contributed by atoms with Gasteiger partial charge in [0.15, 0.2) is 11.5 Å². The first-order chi connectivity index (χ1) is 11.0. The number of anilines is 1. The summed E-state index contributed by atoms with van der Waals surface area (Å²) in [5, 5.41) is 7.68. The van der Waals surface area contributed by atoms with Gasteiger partial charge in [-0.25, -0.2) is 18.7 Å². The number of nitrogens with one attached hydrogen (secondary N) is 1. The Hall–Kier alpha value is -2.55. The van der Waals surface area contributed by atoms with Crippen LogP contribution in [0, 0.1) is 0 Å². The molecule has 1 aliphatic heterocycles. The summed E-state index contributed by atoms with van der Waals surface area (Å²) in [4.78, 5) is 8.69. The summed E-state index contributed by atoms with van der Waals surface area (Å²) in [5.41, 5.74) is 6.97. The van der Waals surface area contributed by atoms with E-state index in [-0.39, 0.29) is 24.7 Å². The molecule has 3 aromatic rings. The second-order valence-electron chi connectivity index (χ2n) is 5.53. The van der Waals surface area contributed by atoms with Crippen LogP contribution in [0.15, 0.2) is 18.2 Å². The lowest BCUT2D eigenvalue weighted by Gasteiger charge is -2.06. The fourth-order valence-corrected chi connectivity index (χ4v) is 2.85. The van der Waals surface area contributed by atoms with Crippen LogP contribution in [0.2, 0.25) is 0 Å². The van der Waals surface area contributed by atoms with Gasteiger partial charge < -0.3 is 15.8 Å². The Balaban J connectivity index is 1.91. The van der Waals surface area contributed by atoms with Gasteiger partial charge in [0.05, 0.1) is 19.7 Å². The fourth-order valence-electron chi connectivity index (χ4n) is 2.85. The standard InChI is InChI=1S/C14H14F2N6O/c1-23-9-4-2-3-7-10(9)19-13(17)22-12(7)20-11(21-22)8-5-14(15,16)6-18-8/h2-4,8,18H,5-6H2,1H3,(H2,17,19)/t8-/m0/s1. The molecule has 0 bridgehead atoms. The minimum absolute atomic E-state index is 0.125. The van der Waals surface area contributed by atoms with Crippen LogP contribution in [0.25, 0.3) is 16.6 Å². The molecule has 1 saturated heterocycles. The summed E-state index contributed by atoms with van der Waals surface area (Å²) in [6, 6.07) is 4.77. The number of benzene rings is 1. The van der Waals surface area contributed by atoms with Gasteiger partial charge in [0.25, 0.3) is 5.92 Å². The number of methoxy groups -OCH3 is 1. The van der Waals surface area contributed by atoms with Crippen LogP contribution in [0.4, 0.5) is 14.7 Å². The molecule has 9 heteroatoms. The number of halogens is 2. The van der Waals surface area contributed by atoms with Crippen molar-refractivity contribution in [2.45, 2.75) is 18.4 Å². The number of aromatic nitrogens is 4. The second-order valence-corrected chi connectivity index (χ2v) is 5.53. The highest BCUT2D eigenvalue weighted by atomic mass is 19.3. The van der Waals surface area contributed by atoms with E-state index in [4.69, 9.17) is 10.5 Å². The normalized spacial score (nSPS) is 20.4. The Morgan fingerprint density at radius 1 is 1.39 bits per heavy atom. The number of ether oxygens (including phenoxy) is 1. The summed E-state index contributed by atoms with van der Waals surface area (Å²) >= 11 is 0. The molecule has 1 fully saturated rings. The van der Waals surface area contributed by atoms with E-state index in [1.165, 1.54) is 11.6 Å². The summed E-state index contributed by atoms with van der Waals surface area (Å²) in [5.74, 6) is -1.78. The van der Waals surface area contributed by atoms with Crippen LogP contribution in [-0.2, 0) is 0 Å². The average molecular weight is 320 g/mol. The van der Waals surface area contributed by atoms with Gasteiger partial charge in [-0.15, -0.1) is 5.10 Å². The van der Waals surface area contributed by atoms with Gasteiger partial charge in [0, 0.05) is 11.8 Å². The van der Waals surface area contributed by atoms with E-state index in [1.807, 2.05) is 6.07 Å². The molecule has 120 valence electrons. The first-order valence-electron chi connectivity index (χ1n) is 7.08. The number of nitrogens with two attached hydrogens (primary N) is 1. The van der Waals surface area contributed by atoms with E-state index in [2.05, 4.69) is 20.4 Å². The second kappa shape index (κ2) is 4.72. The van der Waals surface area contributed by atoms with E-state index in [0.29, 0.717) is 22.3 Å². The highest BCUT2D eigenvalue weighted by molar-refractivity contribution is 5.95. The number of nitrogens with zero attached hydrogens (tertiary/aromatic N) is 4. The van der Waals surface area contributed by atoms with Gasteiger partial charge in [-0.2, -0.15) is 4.52 Å². The zero-order valence-electron chi connectivity index (χ0n) is 12.3. The first-order valence-corrected chi connectivity index (χ1v) is 7.08. The van der Waals surface area contributed by atoms with Crippen LogP contribution in [-0.4, -0.2) is 39.2 Å². The van der Waals surface area contributed by atoms with E-state index >= 15 is 0 Å². The van der Waals surface area contributed by atoms with Gasteiger partial charge >= 0.3 is 0 Å². The molecule has 2 aromatic heterocycles. The Kier molecular flexibility index (Phi) is 2.89. The van der Waals surface area contributed by atoms with Crippen LogP contribution in [0.1, 0.15) is 18.3 Å². The Morgan fingerprint density at radius 2 is 2.22 bits per heavy atom. The van der Waals surface area contributed by atoms with Crippen molar-refractivity contribution >= 4 is 22.5 Å². The van der Waals surface area contributed by atoms with E-state index in [1.54, 1.807) is 12.1 Å². The molecule has 1 aliphatic rings. The smallest absolute Gasteiger partial charge is 0.262 e. The molecule has 3 heterocycles. The number of rotatable bonds is 2. The van der Waals surface area contributed by atoms with Crippen molar-refractivity contribution in [1.29, 1.82) is 0 Å². The molecular weight excluding hydrogens is 306 g/mol. The number of nitrogen functional groups attached to an aromatic ring is 1. The lowest BCUT2D eigenvalue weighted by molar-refractivity contribution is 0.0208. The third kappa shape index (κ3) is 2.15. The summed E-state index contributed by atoms with van der Waals surface area (Å²) in [6.07, 6.45) is -0.335. The van der Waals surface area contributed by atoms with Crippen LogP contribution < -0.4 is 15.8 Å². The van der Waals surface area contributed by atoms with E-state index in [0.717, 1.165) is 0 Å². The molecule has 0 amide bonds. The summed E-state index contributed by atoms with van der Waals surface area (Å²) in [7, 11) is 1.54. The van der Waals surface area contributed by atoms with E-state index < -0.39 is 12.0 Å². The highest BCUT2D eigenvalue weighted by Gasteiger charge is 2.41. The maximum absolute atomic E-state index is 13.4. The average Bonchev–Trinajstić information content (AvgIpc) is 3.11. The topological polar surface area (TPSA) is 90.4 Å². The minimum Gasteiger partial charge on any atom is -0.494 e. The number of hydrogen-bond donors (Lipinski definition) is 2. The molecule has 0 unspecified atom stereocenters. The van der Waals surface area contributed by atoms with Gasteiger partial charge in [-0.1, -0.05) is 6.07 Å². The molecule has 3 N–H and O–H groups in total. The summed E-state index contributed by atoms with van der Waals surface area (Å²) in [6.45, 7) is -0.379. The third-order valence-electron chi connectivity index (χ3n) is 3.95. The van der Waals surface area contributed by atoms with Gasteiger partial charge in [-0.3, -0.25) is 0 Å². The first kappa shape index (κ1) is 14.1. The molecule has 0 radical (unpaired) electrons. The van der Waals surface area contributed by atoms with Gasteiger partial charge in [0.1, 0.15) is 11.3 Å². The Morgan fingerprint density at radius 3 is 2.91 bits per heavy atom. The van der Waals surface area contributed by atoms with Crippen molar-refractivity contribution in [3.8, 4) is 5.75 Å². The fraction of sp³-hybridized carbons (Fsp3) is 0.357. The maximum atomic E-state index is 13.4. The quantitative estimate of drug-likeness (QED) is 0.744. The zero-order chi connectivity index (χ0) is 16.2. The van der Waals surface area contributed by atoms with Gasteiger partial charge in [0.2, 0.25) is 5.95 Å². The largest absolute Gasteiger partial charge is 0.494 e. The molecule has 1 aromatic carbocycles. The predicted octanol–water partition coefficient (Wildman–Crippen LogP) is 1.54. The number of fused-ring (bicyclic) bond motifs is 3. The van der Waals surface area contributed by atoms with Crippen molar-refractivity contribution in [3.63, 3.8) is 0 Å². The highest BCUT2D eigenvalue weighted by Crippen LogP contribution is 2.34. The van der Waals surface area contributed by atoms with Crippen molar-refractivity contribution in [1.82, 2.24) is 24.9 Å². The molecule has 23 heavy (non-hydrogen) atoms. The zero-order valence-corrected chi connectivity index (χ0v) is 12.3. The SMILES string of the molecule is COc1cccc2c1nc(N)n1nc([C@@H]3CC(F)(F)CN3)nc21. The molecule has 0 saturated carbocycles. The molecule has 7 nitrogen and oxygen atoms in total. The van der Waals surface area contributed by atoms with Crippen LogP contribution in [0.5, 0.6) is 5.75 Å². The lowest BCUT2D eigenvalue weighted by Crippen LogP contribution is -2.19. The van der Waals surface area contributed by atoms with Crippen molar-refractivity contribution in [3.05, 3.63) is 24.0 Å². The number of alkyl halides is 2. The van der Waals surface area contributed by atoms with Crippen molar-refractivity contribution in [2.75, 3.05) is 19.4 Å². The molecular formula is C14H14F2N6O. The van der Waals surface area contributed by atoms with E-state index in [9.17, 15) is 8.78 Å². The molecule has 0 aliphatic carbocycles. The van der Waals surface area contributed by atoms with Crippen molar-refractivity contribution < 1.29 is 13.5 Å². The lowest BCUT2D eigenvalue weighted by atomic mass is 10.2. The maximum Gasteiger partial charge on any atom is 0.262 e. The molecule has 1 atom stereocenters. The monoisotopic (exact) mass is 320 g/mol. The third-order valence-corrected chi connectivity index (χ3v) is 3.95. The Bertz CT molecular complexity index is 909. The van der Waals surface area contributed by atoms with Crippen molar-refractivity contribution in [2.24, 2.45) is 0 Å². The summed E-state index contributed by atoms with van der Waals surface area (Å²) < 4.78 is 33.4. The number of para-hydroxylation sites is 1.